The summed E-state index contributed by atoms with van der Waals surface area (Å²) < 4.78 is 28.8. The summed E-state index contributed by atoms with van der Waals surface area (Å²) in [5.41, 5.74) is 0. The van der Waals surface area contributed by atoms with Crippen molar-refractivity contribution in [2.24, 2.45) is 0 Å². The minimum absolute atomic E-state index is 0.122. The first-order valence-corrected chi connectivity index (χ1v) is 5.18. The molecule has 0 aliphatic rings. The number of allylic oxidation sites excluding steroid dienone is 1. The Morgan fingerprint density at radius 3 is 2.64 bits per heavy atom. The second-order valence-corrected chi connectivity index (χ2v) is 3.04. The molecular formula is C8H13O5S-. The predicted octanol–water partition coefficient (Wildman–Crippen LogP) is 0.697. The Morgan fingerprint density at radius 1 is 1.43 bits per heavy atom. The van der Waals surface area contributed by atoms with E-state index in [0.29, 0.717) is 12.8 Å². The molecule has 6 heteroatoms. The van der Waals surface area contributed by atoms with Crippen molar-refractivity contribution in [1.82, 2.24) is 0 Å². The Balaban J connectivity index is 3.21. The molecule has 0 N–H and O–H groups in total. The van der Waals surface area contributed by atoms with Crippen molar-refractivity contribution in [3.8, 4) is 0 Å². The fraction of sp³-hybridized carbons (Fsp3) is 0.625. The zero-order valence-electron chi connectivity index (χ0n) is 7.93. The third-order valence-electron chi connectivity index (χ3n) is 1.27. The van der Waals surface area contributed by atoms with Gasteiger partial charge in [-0.2, -0.15) is 0 Å². The van der Waals surface area contributed by atoms with Crippen molar-refractivity contribution in [1.29, 1.82) is 0 Å². The number of carbonyl (C=O) groups excluding carboxylic acids is 1. The summed E-state index contributed by atoms with van der Waals surface area (Å²) in [7, 11) is 0. The standard InChI is InChI=1S/C8H14O5S/c1-2-5-8(9)12-6-3-4-7-13-14(10)11/h2,5H,3-4,6-7H2,1H3,(H,10,11)/p-1/b5-2+. The van der Waals surface area contributed by atoms with Gasteiger partial charge in [-0.1, -0.05) is 6.08 Å². The van der Waals surface area contributed by atoms with Gasteiger partial charge >= 0.3 is 5.97 Å². The maximum absolute atomic E-state index is 10.7. The third-order valence-corrected chi connectivity index (χ3v) is 1.62. The first kappa shape index (κ1) is 13.3. The Hall–Kier alpha value is -0.720. The average Bonchev–Trinajstić information content (AvgIpc) is 2.11. The van der Waals surface area contributed by atoms with Crippen LogP contribution in [0.3, 0.4) is 0 Å². The minimum Gasteiger partial charge on any atom is -0.750 e. The lowest BCUT2D eigenvalue weighted by atomic mass is 10.3. The fourth-order valence-corrected chi connectivity index (χ4v) is 0.942. The molecule has 14 heavy (non-hydrogen) atoms. The van der Waals surface area contributed by atoms with Crippen molar-refractivity contribution >= 4 is 17.3 Å². The van der Waals surface area contributed by atoms with E-state index in [2.05, 4.69) is 4.18 Å². The molecular weight excluding hydrogens is 208 g/mol. The van der Waals surface area contributed by atoms with Crippen LogP contribution in [-0.4, -0.2) is 27.9 Å². The Bertz CT molecular complexity index is 214. The highest BCUT2D eigenvalue weighted by molar-refractivity contribution is 7.74. The van der Waals surface area contributed by atoms with E-state index in [1.807, 2.05) is 0 Å². The van der Waals surface area contributed by atoms with Gasteiger partial charge < -0.3 is 13.5 Å². The van der Waals surface area contributed by atoms with Crippen molar-refractivity contribution in [3.63, 3.8) is 0 Å². The van der Waals surface area contributed by atoms with Gasteiger partial charge in [-0.05, 0) is 19.8 Å². The number of esters is 1. The second kappa shape index (κ2) is 8.86. The quantitative estimate of drug-likeness (QED) is 0.274. The van der Waals surface area contributed by atoms with Gasteiger partial charge in [0.2, 0.25) is 0 Å². The van der Waals surface area contributed by atoms with E-state index in [1.54, 1.807) is 13.0 Å². The number of ether oxygens (including phenoxy) is 1. The van der Waals surface area contributed by atoms with Crippen molar-refractivity contribution in [3.05, 3.63) is 12.2 Å². The number of carbonyl (C=O) groups is 1. The van der Waals surface area contributed by atoms with E-state index in [-0.39, 0.29) is 19.2 Å². The maximum Gasteiger partial charge on any atom is 0.330 e. The molecule has 0 heterocycles. The molecule has 0 aromatic rings. The molecule has 0 saturated heterocycles. The molecule has 82 valence electrons. The number of unbranched alkanes of at least 4 members (excludes halogenated alkanes) is 1. The van der Waals surface area contributed by atoms with Gasteiger partial charge in [0.05, 0.1) is 24.6 Å². The molecule has 0 rings (SSSR count). The SMILES string of the molecule is C/C=C/C(=O)OCCCCOS(=O)[O-]. The molecule has 0 aromatic heterocycles. The molecule has 1 unspecified atom stereocenters. The highest BCUT2D eigenvalue weighted by Crippen LogP contribution is 1.93. The van der Waals surface area contributed by atoms with E-state index in [0.717, 1.165) is 0 Å². The first-order chi connectivity index (χ1) is 6.66. The van der Waals surface area contributed by atoms with E-state index < -0.39 is 11.4 Å². The summed E-state index contributed by atoms with van der Waals surface area (Å²) in [6.07, 6.45) is 4.03. The lowest BCUT2D eigenvalue weighted by molar-refractivity contribution is -0.137. The van der Waals surface area contributed by atoms with Crippen LogP contribution in [0.15, 0.2) is 12.2 Å². The average molecular weight is 221 g/mol. The van der Waals surface area contributed by atoms with Crippen LogP contribution in [0.5, 0.6) is 0 Å². The Morgan fingerprint density at radius 2 is 2.07 bits per heavy atom. The molecule has 0 aliphatic heterocycles. The van der Waals surface area contributed by atoms with Gasteiger partial charge in [0.1, 0.15) is 0 Å². The number of hydrogen-bond acceptors (Lipinski definition) is 5. The Kier molecular flexibility index (Phi) is 8.40. The van der Waals surface area contributed by atoms with Gasteiger partial charge in [-0.15, -0.1) is 0 Å². The van der Waals surface area contributed by atoms with E-state index >= 15 is 0 Å². The lowest BCUT2D eigenvalue weighted by Gasteiger charge is -2.05. The maximum atomic E-state index is 10.7. The lowest BCUT2D eigenvalue weighted by Crippen LogP contribution is -2.04. The molecule has 0 amide bonds. The topological polar surface area (TPSA) is 75.7 Å². The largest absolute Gasteiger partial charge is 0.750 e. The molecule has 1 atom stereocenters. The predicted molar refractivity (Wildman–Crippen MR) is 49.9 cm³/mol. The van der Waals surface area contributed by atoms with Crippen LogP contribution >= 0.6 is 0 Å². The van der Waals surface area contributed by atoms with Crippen LogP contribution in [0, 0.1) is 0 Å². The second-order valence-electron chi connectivity index (χ2n) is 2.40. The summed E-state index contributed by atoms with van der Waals surface area (Å²) in [6.45, 7) is 2.12. The van der Waals surface area contributed by atoms with Crippen LogP contribution in [0.2, 0.25) is 0 Å². The van der Waals surface area contributed by atoms with E-state index in [1.165, 1.54) is 6.08 Å². The van der Waals surface area contributed by atoms with Gasteiger partial charge in [0.15, 0.2) is 0 Å². The Labute approximate surface area is 85.6 Å². The molecule has 0 aromatic carbocycles. The zero-order chi connectivity index (χ0) is 10.8. The third kappa shape index (κ3) is 9.37. The van der Waals surface area contributed by atoms with E-state index in [9.17, 15) is 13.6 Å². The summed E-state index contributed by atoms with van der Waals surface area (Å²) >= 11 is -2.45. The van der Waals surface area contributed by atoms with Gasteiger partial charge in [0, 0.05) is 6.08 Å². The molecule has 0 aliphatic carbocycles. The molecule has 0 bridgehead atoms. The minimum atomic E-state index is -2.45. The highest BCUT2D eigenvalue weighted by Gasteiger charge is 1.95. The molecule has 0 spiro atoms. The number of hydrogen-bond donors (Lipinski definition) is 0. The van der Waals surface area contributed by atoms with Crippen LogP contribution in [0.4, 0.5) is 0 Å². The summed E-state index contributed by atoms with van der Waals surface area (Å²) in [5, 5.41) is 0. The smallest absolute Gasteiger partial charge is 0.330 e. The van der Waals surface area contributed by atoms with Gasteiger partial charge in [-0.25, -0.2) is 9.00 Å². The van der Waals surface area contributed by atoms with Crippen LogP contribution in [0.1, 0.15) is 19.8 Å². The normalized spacial score (nSPS) is 13.0. The number of rotatable bonds is 7. The fourth-order valence-electron chi connectivity index (χ4n) is 0.688. The summed E-state index contributed by atoms with van der Waals surface area (Å²) in [5.74, 6) is -0.388. The highest BCUT2D eigenvalue weighted by atomic mass is 32.2. The zero-order valence-corrected chi connectivity index (χ0v) is 8.75. The first-order valence-electron chi connectivity index (χ1n) is 4.18. The summed E-state index contributed by atoms with van der Waals surface area (Å²) in [6, 6.07) is 0. The van der Waals surface area contributed by atoms with Crippen molar-refractivity contribution < 1.29 is 22.5 Å². The van der Waals surface area contributed by atoms with Crippen LogP contribution < -0.4 is 0 Å². The molecule has 0 radical (unpaired) electrons. The molecule has 0 fully saturated rings. The molecule has 0 saturated carbocycles. The van der Waals surface area contributed by atoms with Crippen molar-refractivity contribution in [2.45, 2.75) is 19.8 Å². The van der Waals surface area contributed by atoms with Crippen LogP contribution in [0.25, 0.3) is 0 Å². The summed E-state index contributed by atoms with van der Waals surface area (Å²) in [4.78, 5) is 10.7. The van der Waals surface area contributed by atoms with E-state index in [4.69, 9.17) is 4.74 Å². The van der Waals surface area contributed by atoms with Gasteiger partial charge in [-0.3, -0.25) is 0 Å². The molecule has 5 nitrogen and oxygen atoms in total. The van der Waals surface area contributed by atoms with Crippen LogP contribution in [-0.2, 0) is 25.1 Å². The monoisotopic (exact) mass is 221 g/mol. The van der Waals surface area contributed by atoms with Gasteiger partial charge in [0.25, 0.3) is 0 Å². The van der Waals surface area contributed by atoms with Crippen molar-refractivity contribution in [2.75, 3.05) is 13.2 Å².